The summed E-state index contributed by atoms with van der Waals surface area (Å²) in [5.74, 6) is -0.0665. The van der Waals surface area contributed by atoms with E-state index in [2.05, 4.69) is 33.2 Å². The Morgan fingerprint density at radius 2 is 2.30 bits per heavy atom. The van der Waals surface area contributed by atoms with E-state index < -0.39 is 0 Å². The number of nitrogens with one attached hydrogen (secondary N) is 1. The predicted molar refractivity (Wildman–Crippen MR) is 85.6 cm³/mol. The third-order valence-corrected chi connectivity index (χ3v) is 3.49. The Morgan fingerprint density at radius 3 is 3.05 bits per heavy atom. The first-order valence-corrected chi connectivity index (χ1v) is 7.49. The molecule has 4 nitrogen and oxygen atoms in total. The number of benzene rings is 1. The second-order valence-corrected chi connectivity index (χ2v) is 5.75. The van der Waals surface area contributed by atoms with E-state index in [9.17, 15) is 4.79 Å². The number of nitrogens with two attached hydrogens (primary N) is 1. The predicted octanol–water partition coefficient (Wildman–Crippen LogP) is 3.45. The lowest BCUT2D eigenvalue weighted by atomic mass is 10.1. The zero-order valence-electron chi connectivity index (χ0n) is 11.4. The molecule has 0 aliphatic rings. The Hall–Kier alpha value is -1.46. The van der Waals surface area contributed by atoms with Gasteiger partial charge in [0.15, 0.2) is 0 Å². The molecule has 1 amide bonds. The van der Waals surface area contributed by atoms with E-state index in [1.54, 1.807) is 6.20 Å². The Bertz CT molecular complexity index is 615. The number of carbonyl (C=O) groups excluding carboxylic acids is 1. The van der Waals surface area contributed by atoms with Gasteiger partial charge in [-0.1, -0.05) is 25.5 Å². The van der Waals surface area contributed by atoms with Crippen LogP contribution in [0, 0.1) is 0 Å². The lowest BCUT2D eigenvalue weighted by Gasteiger charge is -2.11. The molecule has 1 aromatic heterocycles. The zero-order chi connectivity index (χ0) is 14.5. The van der Waals surface area contributed by atoms with Crippen molar-refractivity contribution in [2.24, 2.45) is 5.73 Å². The van der Waals surface area contributed by atoms with Gasteiger partial charge in [0.2, 0.25) is 5.91 Å². The quantitative estimate of drug-likeness (QED) is 0.879. The zero-order valence-corrected chi connectivity index (χ0v) is 13.0. The van der Waals surface area contributed by atoms with Crippen LogP contribution < -0.4 is 11.1 Å². The van der Waals surface area contributed by atoms with Gasteiger partial charge >= 0.3 is 0 Å². The second kappa shape index (κ2) is 6.81. The van der Waals surface area contributed by atoms with Crippen molar-refractivity contribution in [2.75, 3.05) is 5.32 Å². The van der Waals surface area contributed by atoms with Crippen LogP contribution in [0.25, 0.3) is 10.9 Å². The SMILES string of the molecule is CCCC(N)CC(=O)Nc1cccc2cc(Br)cnc12. The van der Waals surface area contributed by atoms with Gasteiger partial charge in [0, 0.05) is 28.5 Å². The molecular weight excluding hydrogens is 318 g/mol. The lowest BCUT2D eigenvalue weighted by Crippen LogP contribution is -2.26. The van der Waals surface area contributed by atoms with Crippen molar-refractivity contribution in [3.63, 3.8) is 0 Å². The van der Waals surface area contributed by atoms with Gasteiger partial charge in [-0.2, -0.15) is 0 Å². The summed E-state index contributed by atoms with van der Waals surface area (Å²) in [6.07, 6.45) is 3.90. The number of nitrogens with zero attached hydrogens (tertiary/aromatic N) is 1. The normalized spacial score (nSPS) is 12.3. The number of pyridine rings is 1. The highest BCUT2D eigenvalue weighted by Crippen LogP contribution is 2.24. The van der Waals surface area contributed by atoms with Gasteiger partial charge in [-0.15, -0.1) is 0 Å². The molecule has 1 unspecified atom stereocenters. The summed E-state index contributed by atoms with van der Waals surface area (Å²) in [4.78, 5) is 16.3. The third kappa shape index (κ3) is 3.77. The molecule has 20 heavy (non-hydrogen) atoms. The largest absolute Gasteiger partial charge is 0.327 e. The molecule has 0 fully saturated rings. The van der Waals surface area contributed by atoms with Crippen molar-refractivity contribution in [1.29, 1.82) is 0 Å². The van der Waals surface area contributed by atoms with E-state index in [4.69, 9.17) is 5.73 Å². The molecule has 1 aromatic carbocycles. The minimum atomic E-state index is -0.0860. The molecule has 0 radical (unpaired) electrons. The number of amides is 1. The van der Waals surface area contributed by atoms with E-state index in [1.807, 2.05) is 24.3 Å². The van der Waals surface area contributed by atoms with Crippen molar-refractivity contribution in [2.45, 2.75) is 32.2 Å². The maximum atomic E-state index is 12.0. The Labute approximate surface area is 126 Å². The average Bonchev–Trinajstić information content (AvgIpc) is 2.38. The van der Waals surface area contributed by atoms with Crippen LogP contribution in [0.5, 0.6) is 0 Å². The molecule has 3 N–H and O–H groups in total. The molecule has 0 aliphatic heterocycles. The number of fused-ring (bicyclic) bond motifs is 1. The van der Waals surface area contributed by atoms with Gasteiger partial charge in [-0.3, -0.25) is 9.78 Å². The van der Waals surface area contributed by atoms with Crippen molar-refractivity contribution in [1.82, 2.24) is 4.98 Å². The molecule has 2 aromatic rings. The van der Waals surface area contributed by atoms with Crippen molar-refractivity contribution in [3.05, 3.63) is 34.9 Å². The summed E-state index contributed by atoms with van der Waals surface area (Å²) in [5, 5.41) is 3.88. The molecule has 0 saturated carbocycles. The lowest BCUT2D eigenvalue weighted by molar-refractivity contribution is -0.116. The second-order valence-electron chi connectivity index (χ2n) is 4.83. The van der Waals surface area contributed by atoms with Crippen LogP contribution in [0.1, 0.15) is 26.2 Å². The highest BCUT2D eigenvalue weighted by Gasteiger charge is 2.11. The van der Waals surface area contributed by atoms with Gasteiger partial charge in [0.25, 0.3) is 0 Å². The minimum Gasteiger partial charge on any atom is -0.327 e. The first kappa shape index (κ1) is 14.9. The smallest absolute Gasteiger partial charge is 0.225 e. The molecule has 0 aliphatic carbocycles. The number of rotatable bonds is 5. The first-order valence-electron chi connectivity index (χ1n) is 6.70. The molecule has 1 heterocycles. The van der Waals surface area contributed by atoms with Crippen LogP contribution >= 0.6 is 15.9 Å². The summed E-state index contributed by atoms with van der Waals surface area (Å²) in [6.45, 7) is 2.06. The number of hydrogen-bond acceptors (Lipinski definition) is 3. The van der Waals surface area contributed by atoms with Crippen molar-refractivity contribution >= 4 is 38.4 Å². The maximum absolute atomic E-state index is 12.0. The third-order valence-electron chi connectivity index (χ3n) is 3.06. The number of hydrogen-bond donors (Lipinski definition) is 2. The van der Waals surface area contributed by atoms with Crippen molar-refractivity contribution < 1.29 is 4.79 Å². The molecule has 106 valence electrons. The molecule has 0 bridgehead atoms. The van der Waals surface area contributed by atoms with Gasteiger partial charge in [0.05, 0.1) is 11.2 Å². The number of aromatic nitrogens is 1. The average molecular weight is 336 g/mol. The molecule has 0 saturated heterocycles. The summed E-state index contributed by atoms with van der Waals surface area (Å²) in [5.41, 5.74) is 7.40. The monoisotopic (exact) mass is 335 g/mol. The van der Waals surface area contributed by atoms with Gasteiger partial charge in [-0.25, -0.2) is 0 Å². The molecule has 1 atom stereocenters. The van der Waals surface area contributed by atoms with E-state index in [0.29, 0.717) is 6.42 Å². The highest BCUT2D eigenvalue weighted by molar-refractivity contribution is 9.10. The van der Waals surface area contributed by atoms with E-state index in [0.717, 1.165) is 33.9 Å². The number of carbonyl (C=O) groups is 1. The van der Waals surface area contributed by atoms with Gasteiger partial charge < -0.3 is 11.1 Å². The minimum absolute atomic E-state index is 0.0665. The topological polar surface area (TPSA) is 68.0 Å². The van der Waals surface area contributed by atoms with Crippen LogP contribution in [0.3, 0.4) is 0 Å². The molecular formula is C15H18BrN3O. The van der Waals surface area contributed by atoms with E-state index in [1.165, 1.54) is 0 Å². The Morgan fingerprint density at radius 1 is 1.50 bits per heavy atom. The van der Waals surface area contributed by atoms with Crippen LogP contribution in [0.2, 0.25) is 0 Å². The van der Waals surface area contributed by atoms with Crippen LogP contribution in [0.15, 0.2) is 34.9 Å². The van der Waals surface area contributed by atoms with Crippen LogP contribution in [-0.2, 0) is 4.79 Å². The Kier molecular flexibility index (Phi) is 5.09. The number of para-hydroxylation sites is 1. The van der Waals surface area contributed by atoms with Crippen LogP contribution in [-0.4, -0.2) is 16.9 Å². The first-order chi connectivity index (χ1) is 9.60. The fraction of sp³-hybridized carbons (Fsp3) is 0.333. The van der Waals surface area contributed by atoms with Crippen LogP contribution in [0.4, 0.5) is 5.69 Å². The fourth-order valence-electron chi connectivity index (χ4n) is 2.15. The van der Waals surface area contributed by atoms with Crippen molar-refractivity contribution in [3.8, 4) is 0 Å². The van der Waals surface area contributed by atoms with E-state index >= 15 is 0 Å². The highest BCUT2D eigenvalue weighted by atomic mass is 79.9. The Balaban J connectivity index is 2.15. The summed E-state index contributed by atoms with van der Waals surface area (Å²) >= 11 is 3.39. The molecule has 0 spiro atoms. The number of halogens is 1. The summed E-state index contributed by atoms with van der Waals surface area (Å²) in [7, 11) is 0. The van der Waals surface area contributed by atoms with Gasteiger partial charge in [-0.05, 0) is 34.5 Å². The van der Waals surface area contributed by atoms with E-state index in [-0.39, 0.29) is 11.9 Å². The summed E-state index contributed by atoms with van der Waals surface area (Å²) < 4.78 is 0.915. The standard InChI is InChI=1S/C15H18BrN3O/c1-2-4-12(17)8-14(20)19-13-6-3-5-10-7-11(16)9-18-15(10)13/h3,5-7,9,12H,2,4,8,17H2,1H3,(H,19,20). The number of anilines is 1. The molecule has 2 rings (SSSR count). The molecule has 5 heteroatoms. The summed E-state index contributed by atoms with van der Waals surface area (Å²) in [6, 6.07) is 7.61. The van der Waals surface area contributed by atoms with Gasteiger partial charge in [0.1, 0.15) is 0 Å². The maximum Gasteiger partial charge on any atom is 0.225 e. The fourth-order valence-corrected chi connectivity index (χ4v) is 2.50.